The van der Waals surface area contributed by atoms with Crippen LogP contribution in [0.1, 0.15) is 76.3 Å². The van der Waals surface area contributed by atoms with E-state index < -0.39 is 0 Å². The van der Waals surface area contributed by atoms with Gasteiger partial charge in [0.1, 0.15) is 5.15 Å². The van der Waals surface area contributed by atoms with Crippen molar-refractivity contribution in [3.05, 3.63) is 31.6 Å². The molecular formula is C15H23ClN2O2. The molecule has 0 atom stereocenters. The lowest BCUT2D eigenvalue weighted by Crippen LogP contribution is -2.40. The number of nitrogens with one attached hydrogen (secondary N) is 1. The quantitative estimate of drug-likeness (QED) is 0.848. The van der Waals surface area contributed by atoms with E-state index in [4.69, 9.17) is 11.6 Å². The molecule has 5 heteroatoms. The molecule has 1 fully saturated rings. The lowest BCUT2D eigenvalue weighted by molar-refractivity contribution is 0.353. The monoisotopic (exact) mass is 298 g/mol. The minimum atomic E-state index is -0.366. The maximum absolute atomic E-state index is 12.6. The fourth-order valence-corrected chi connectivity index (χ4v) is 3.44. The molecule has 1 aliphatic rings. The Morgan fingerprint density at radius 1 is 1.10 bits per heavy atom. The van der Waals surface area contributed by atoms with Crippen molar-refractivity contribution in [3.8, 4) is 0 Å². The van der Waals surface area contributed by atoms with Gasteiger partial charge >= 0.3 is 5.69 Å². The van der Waals surface area contributed by atoms with Crippen molar-refractivity contribution >= 4 is 11.6 Å². The molecule has 0 amide bonds. The fourth-order valence-electron chi connectivity index (χ4n) is 3.06. The van der Waals surface area contributed by atoms with E-state index in [1.54, 1.807) is 0 Å². The Hall–Kier alpha value is -1.03. The predicted octanol–water partition coefficient (Wildman–Crippen LogP) is 3.60. The van der Waals surface area contributed by atoms with E-state index in [0.29, 0.717) is 5.56 Å². The Balaban J connectivity index is 2.47. The van der Waals surface area contributed by atoms with Gasteiger partial charge in [-0.1, -0.05) is 57.6 Å². The summed E-state index contributed by atoms with van der Waals surface area (Å²) in [4.78, 5) is 27.4. The van der Waals surface area contributed by atoms with Crippen molar-refractivity contribution in [3.63, 3.8) is 0 Å². The number of hydrogen-bond acceptors (Lipinski definition) is 2. The second-order valence-corrected chi connectivity index (χ2v) is 6.36. The lowest BCUT2D eigenvalue weighted by Gasteiger charge is -2.22. The van der Waals surface area contributed by atoms with Crippen LogP contribution < -0.4 is 11.2 Å². The molecule has 2 rings (SSSR count). The van der Waals surface area contributed by atoms with Crippen LogP contribution in [0.5, 0.6) is 0 Å². The van der Waals surface area contributed by atoms with Crippen molar-refractivity contribution in [2.24, 2.45) is 0 Å². The Bertz CT molecular complexity index is 566. The third-order valence-electron chi connectivity index (χ3n) is 4.14. The Kier molecular flexibility index (Phi) is 5.08. The number of aromatic nitrogens is 2. The van der Waals surface area contributed by atoms with E-state index in [1.807, 2.05) is 13.8 Å². The first-order valence-electron chi connectivity index (χ1n) is 7.56. The normalized spacial score (nSPS) is 18.0. The highest BCUT2D eigenvalue weighted by Crippen LogP contribution is 2.25. The van der Waals surface area contributed by atoms with Crippen molar-refractivity contribution in [2.45, 2.75) is 70.8 Å². The summed E-state index contributed by atoms with van der Waals surface area (Å²) in [5, 5.41) is 0.192. The average Bonchev–Trinajstić information content (AvgIpc) is 2.30. The summed E-state index contributed by atoms with van der Waals surface area (Å²) < 4.78 is 1.41. The summed E-state index contributed by atoms with van der Waals surface area (Å²) in [6.45, 7) is 3.84. The van der Waals surface area contributed by atoms with E-state index in [9.17, 15) is 9.59 Å². The minimum Gasteiger partial charge on any atom is -0.297 e. The third kappa shape index (κ3) is 3.17. The molecule has 1 aromatic heterocycles. The minimum absolute atomic E-state index is 0.00616. The van der Waals surface area contributed by atoms with Crippen LogP contribution >= 0.6 is 11.6 Å². The molecule has 0 radical (unpaired) electrons. The summed E-state index contributed by atoms with van der Waals surface area (Å²) in [6.07, 6.45) is 7.61. The Labute approximate surface area is 124 Å². The first-order valence-corrected chi connectivity index (χ1v) is 7.94. The first kappa shape index (κ1) is 15.4. The summed E-state index contributed by atoms with van der Waals surface area (Å²) in [6, 6.07) is 0.0151. The van der Waals surface area contributed by atoms with Crippen molar-refractivity contribution < 1.29 is 0 Å². The first-order chi connectivity index (χ1) is 9.52. The van der Waals surface area contributed by atoms with Gasteiger partial charge in [0.15, 0.2) is 0 Å². The van der Waals surface area contributed by atoms with Crippen LogP contribution in [0.2, 0.25) is 5.15 Å². The smallest absolute Gasteiger partial charge is 0.297 e. The molecule has 1 N–H and O–H groups in total. The number of rotatable bonds is 2. The summed E-state index contributed by atoms with van der Waals surface area (Å²) in [5.74, 6) is 0.00616. The highest BCUT2D eigenvalue weighted by molar-refractivity contribution is 6.30. The number of halogens is 1. The van der Waals surface area contributed by atoms with Crippen LogP contribution in [0.15, 0.2) is 9.59 Å². The molecule has 0 saturated heterocycles. The number of aromatic amines is 1. The van der Waals surface area contributed by atoms with Gasteiger partial charge in [-0.15, -0.1) is 0 Å². The topological polar surface area (TPSA) is 54.9 Å². The third-order valence-corrected chi connectivity index (χ3v) is 4.44. The molecule has 4 nitrogen and oxygen atoms in total. The lowest BCUT2D eigenvalue weighted by atomic mass is 9.96. The SMILES string of the molecule is CC(C)c1c(Cl)[nH]c(=O)n(C2CCCCCCC2)c1=O. The Morgan fingerprint density at radius 2 is 1.65 bits per heavy atom. The van der Waals surface area contributed by atoms with Gasteiger partial charge in [0.05, 0.1) is 5.56 Å². The number of nitrogens with zero attached hydrogens (tertiary/aromatic N) is 1. The highest BCUT2D eigenvalue weighted by Gasteiger charge is 2.21. The van der Waals surface area contributed by atoms with Crippen LogP contribution in [-0.4, -0.2) is 9.55 Å². The van der Waals surface area contributed by atoms with Gasteiger partial charge in [-0.2, -0.15) is 0 Å². The maximum Gasteiger partial charge on any atom is 0.329 e. The fraction of sp³-hybridized carbons (Fsp3) is 0.733. The second-order valence-electron chi connectivity index (χ2n) is 5.99. The molecule has 0 aromatic carbocycles. The van der Waals surface area contributed by atoms with Crippen molar-refractivity contribution in [2.75, 3.05) is 0 Å². The largest absolute Gasteiger partial charge is 0.329 e. The highest BCUT2D eigenvalue weighted by atomic mass is 35.5. The van der Waals surface area contributed by atoms with Crippen LogP contribution in [-0.2, 0) is 0 Å². The number of H-pyrrole nitrogens is 1. The molecular weight excluding hydrogens is 276 g/mol. The standard InChI is InChI=1S/C15H23ClN2O2/c1-10(2)12-13(16)17-15(20)18(14(12)19)11-8-6-4-3-5-7-9-11/h10-11H,3-9H2,1-2H3,(H,17,20). The molecule has 20 heavy (non-hydrogen) atoms. The van der Waals surface area contributed by atoms with Gasteiger partial charge in [-0.05, 0) is 18.8 Å². The van der Waals surface area contributed by atoms with E-state index in [0.717, 1.165) is 25.7 Å². The van der Waals surface area contributed by atoms with Gasteiger partial charge < -0.3 is 0 Å². The molecule has 0 bridgehead atoms. The van der Waals surface area contributed by atoms with Gasteiger partial charge in [-0.3, -0.25) is 14.3 Å². The molecule has 112 valence electrons. The average molecular weight is 299 g/mol. The van der Waals surface area contributed by atoms with Crippen LogP contribution in [0.4, 0.5) is 0 Å². The molecule has 0 unspecified atom stereocenters. The predicted molar refractivity (Wildman–Crippen MR) is 81.8 cm³/mol. The zero-order valence-electron chi connectivity index (χ0n) is 12.2. The summed E-state index contributed by atoms with van der Waals surface area (Å²) in [5.41, 5.74) is -0.0531. The second kappa shape index (κ2) is 6.61. The van der Waals surface area contributed by atoms with E-state index in [2.05, 4.69) is 4.98 Å². The molecule has 1 saturated carbocycles. The zero-order chi connectivity index (χ0) is 14.7. The van der Waals surface area contributed by atoms with Crippen LogP contribution in [0.3, 0.4) is 0 Å². The molecule has 1 aliphatic carbocycles. The molecule has 1 heterocycles. The zero-order valence-corrected chi connectivity index (χ0v) is 13.0. The van der Waals surface area contributed by atoms with Gasteiger partial charge in [0.2, 0.25) is 0 Å². The van der Waals surface area contributed by atoms with Crippen LogP contribution in [0.25, 0.3) is 0 Å². The van der Waals surface area contributed by atoms with Crippen LogP contribution in [0, 0.1) is 0 Å². The van der Waals surface area contributed by atoms with Crippen molar-refractivity contribution in [1.29, 1.82) is 0 Å². The van der Waals surface area contributed by atoms with E-state index in [1.165, 1.54) is 23.8 Å². The summed E-state index contributed by atoms with van der Waals surface area (Å²) >= 11 is 6.03. The molecule has 0 spiro atoms. The van der Waals surface area contributed by atoms with E-state index >= 15 is 0 Å². The molecule has 0 aliphatic heterocycles. The number of hydrogen-bond donors (Lipinski definition) is 1. The van der Waals surface area contributed by atoms with E-state index in [-0.39, 0.29) is 28.4 Å². The van der Waals surface area contributed by atoms with Gasteiger partial charge in [0, 0.05) is 6.04 Å². The maximum atomic E-state index is 12.6. The molecule has 1 aromatic rings. The van der Waals surface area contributed by atoms with Gasteiger partial charge in [0.25, 0.3) is 5.56 Å². The summed E-state index contributed by atoms with van der Waals surface area (Å²) in [7, 11) is 0. The van der Waals surface area contributed by atoms with Crippen molar-refractivity contribution in [1.82, 2.24) is 9.55 Å². The van der Waals surface area contributed by atoms with Gasteiger partial charge in [-0.25, -0.2) is 4.79 Å². The Morgan fingerprint density at radius 3 is 2.20 bits per heavy atom.